The van der Waals surface area contributed by atoms with Gasteiger partial charge in [0.25, 0.3) is 0 Å². The largest absolute Gasteiger partial charge is 0.347 e. The number of nitrogens with zero attached hydrogens (tertiary/aromatic N) is 1. The van der Waals surface area contributed by atoms with E-state index >= 15 is 0 Å². The highest BCUT2D eigenvalue weighted by Crippen LogP contribution is 2.29. The van der Waals surface area contributed by atoms with E-state index in [-0.39, 0.29) is 11.9 Å². The highest BCUT2D eigenvalue weighted by Gasteiger charge is 2.33. The second-order valence-electron chi connectivity index (χ2n) is 8.98. The third kappa shape index (κ3) is 5.34. The van der Waals surface area contributed by atoms with Crippen molar-refractivity contribution in [2.75, 3.05) is 10.6 Å². The molecule has 5 nitrogen and oxygen atoms in total. The molecular formula is C26H36N2O3S. The van der Waals surface area contributed by atoms with Gasteiger partial charge in [0.2, 0.25) is 15.9 Å². The number of nitrogens with one attached hydrogen (secondary N) is 1. The van der Waals surface area contributed by atoms with E-state index in [4.69, 9.17) is 0 Å². The summed E-state index contributed by atoms with van der Waals surface area (Å²) in [5, 5.41) is 3.15. The van der Waals surface area contributed by atoms with Gasteiger partial charge in [0.1, 0.15) is 6.04 Å². The van der Waals surface area contributed by atoms with Crippen LogP contribution in [0.2, 0.25) is 0 Å². The summed E-state index contributed by atoms with van der Waals surface area (Å²) in [5.41, 5.74) is 6.22. The standard InChI is InChI=1S/C26H36N2O3S/c1-6-23(22-15-14-20-10-8-9-11-21(20)17-22)27-26(29)24(7-2)28(32(5,30)31)25-16-18(3)12-13-19(25)4/h12-17,23-24H,6-11H2,1-5H3,(H,27,29). The predicted octanol–water partition coefficient (Wildman–Crippen LogP) is 4.99. The van der Waals surface area contributed by atoms with Crippen molar-refractivity contribution >= 4 is 21.6 Å². The third-order valence-electron chi connectivity index (χ3n) is 6.43. The van der Waals surface area contributed by atoms with Crippen LogP contribution < -0.4 is 9.62 Å². The Morgan fingerprint density at radius 2 is 1.69 bits per heavy atom. The zero-order chi connectivity index (χ0) is 23.5. The first-order valence-corrected chi connectivity index (χ1v) is 13.5. The molecule has 0 heterocycles. The van der Waals surface area contributed by atoms with Crippen molar-refractivity contribution in [2.45, 2.75) is 78.3 Å². The van der Waals surface area contributed by atoms with E-state index in [1.807, 2.05) is 45.9 Å². The number of rotatable bonds is 8. The number of amides is 1. The van der Waals surface area contributed by atoms with Gasteiger partial charge in [-0.25, -0.2) is 8.42 Å². The molecule has 1 aliphatic carbocycles. The van der Waals surface area contributed by atoms with Gasteiger partial charge in [-0.1, -0.05) is 44.2 Å². The summed E-state index contributed by atoms with van der Waals surface area (Å²) < 4.78 is 27.0. The molecule has 2 aromatic carbocycles. The lowest BCUT2D eigenvalue weighted by atomic mass is 9.88. The summed E-state index contributed by atoms with van der Waals surface area (Å²) in [4.78, 5) is 13.4. The SMILES string of the molecule is CCC(NC(=O)C(CC)N(c1cc(C)ccc1C)S(C)(=O)=O)c1ccc2c(c1)CCCC2. The molecule has 2 aromatic rings. The average molecular weight is 457 g/mol. The monoisotopic (exact) mass is 456 g/mol. The molecule has 6 heteroatoms. The Balaban J connectivity index is 1.91. The van der Waals surface area contributed by atoms with Gasteiger partial charge >= 0.3 is 0 Å². The Hall–Kier alpha value is -2.34. The molecule has 0 saturated heterocycles. The van der Waals surface area contributed by atoms with Gasteiger partial charge in [-0.15, -0.1) is 0 Å². The summed E-state index contributed by atoms with van der Waals surface area (Å²) in [7, 11) is -3.66. The molecule has 1 aliphatic rings. The second kappa shape index (κ2) is 10.1. The summed E-state index contributed by atoms with van der Waals surface area (Å²) in [6.07, 6.45) is 6.94. The Kier molecular flexibility index (Phi) is 7.65. The highest BCUT2D eigenvalue weighted by atomic mass is 32.2. The number of fused-ring (bicyclic) bond motifs is 1. The van der Waals surface area contributed by atoms with E-state index in [9.17, 15) is 13.2 Å². The average Bonchev–Trinajstić information content (AvgIpc) is 2.76. The minimum atomic E-state index is -3.66. The molecule has 0 spiro atoms. The number of anilines is 1. The number of hydrogen-bond donors (Lipinski definition) is 1. The molecule has 0 aromatic heterocycles. The van der Waals surface area contributed by atoms with E-state index in [1.165, 1.54) is 34.5 Å². The highest BCUT2D eigenvalue weighted by molar-refractivity contribution is 7.92. The van der Waals surface area contributed by atoms with Crippen LogP contribution in [0.4, 0.5) is 5.69 Å². The van der Waals surface area contributed by atoms with Crippen molar-refractivity contribution in [3.63, 3.8) is 0 Å². The smallest absolute Gasteiger partial charge is 0.244 e. The van der Waals surface area contributed by atoms with Crippen molar-refractivity contribution in [3.8, 4) is 0 Å². The maximum atomic E-state index is 13.4. The van der Waals surface area contributed by atoms with Crippen LogP contribution in [0.3, 0.4) is 0 Å². The fourth-order valence-corrected chi connectivity index (χ4v) is 5.91. The van der Waals surface area contributed by atoms with E-state index in [0.29, 0.717) is 12.1 Å². The van der Waals surface area contributed by atoms with Crippen LogP contribution in [-0.2, 0) is 27.7 Å². The lowest BCUT2D eigenvalue weighted by Gasteiger charge is -2.32. The van der Waals surface area contributed by atoms with Crippen molar-refractivity contribution in [2.24, 2.45) is 0 Å². The van der Waals surface area contributed by atoms with E-state index in [2.05, 4.69) is 23.5 Å². The van der Waals surface area contributed by atoms with Crippen LogP contribution in [0.5, 0.6) is 0 Å². The lowest BCUT2D eigenvalue weighted by molar-refractivity contribution is -0.123. The Morgan fingerprint density at radius 1 is 1.00 bits per heavy atom. The Morgan fingerprint density at radius 3 is 2.31 bits per heavy atom. The van der Waals surface area contributed by atoms with Crippen LogP contribution in [0.15, 0.2) is 36.4 Å². The van der Waals surface area contributed by atoms with Crippen LogP contribution in [0.1, 0.15) is 73.4 Å². The predicted molar refractivity (Wildman–Crippen MR) is 132 cm³/mol. The molecule has 0 saturated carbocycles. The first-order chi connectivity index (χ1) is 15.2. The number of aryl methyl sites for hydroxylation is 4. The maximum absolute atomic E-state index is 13.4. The summed E-state index contributed by atoms with van der Waals surface area (Å²) in [6.45, 7) is 7.70. The van der Waals surface area contributed by atoms with E-state index in [1.54, 1.807) is 0 Å². The Bertz CT molecular complexity index is 1080. The van der Waals surface area contributed by atoms with Gasteiger partial charge in [0.05, 0.1) is 18.0 Å². The molecule has 0 radical (unpaired) electrons. The fourth-order valence-electron chi connectivity index (χ4n) is 4.65. The minimum absolute atomic E-state index is 0.149. The summed E-state index contributed by atoms with van der Waals surface area (Å²) in [5.74, 6) is -0.261. The zero-order valence-electron chi connectivity index (χ0n) is 19.9. The van der Waals surface area contributed by atoms with Crippen LogP contribution in [0.25, 0.3) is 0 Å². The summed E-state index contributed by atoms with van der Waals surface area (Å²) in [6, 6.07) is 11.3. The number of hydrogen-bond acceptors (Lipinski definition) is 3. The van der Waals surface area contributed by atoms with E-state index in [0.717, 1.165) is 36.0 Å². The van der Waals surface area contributed by atoms with Crippen molar-refractivity contribution in [1.29, 1.82) is 0 Å². The lowest BCUT2D eigenvalue weighted by Crippen LogP contribution is -2.50. The van der Waals surface area contributed by atoms with Gasteiger partial charge < -0.3 is 5.32 Å². The van der Waals surface area contributed by atoms with Crippen LogP contribution in [-0.4, -0.2) is 26.6 Å². The van der Waals surface area contributed by atoms with Gasteiger partial charge in [-0.2, -0.15) is 0 Å². The second-order valence-corrected chi connectivity index (χ2v) is 10.8. The molecule has 3 rings (SSSR count). The number of carbonyl (C=O) groups excluding carboxylic acids is 1. The van der Waals surface area contributed by atoms with Gasteiger partial charge in [-0.05, 0) is 86.3 Å². The van der Waals surface area contributed by atoms with Crippen molar-refractivity contribution in [1.82, 2.24) is 5.32 Å². The Labute approximate surface area is 193 Å². The molecule has 1 amide bonds. The maximum Gasteiger partial charge on any atom is 0.244 e. The number of carbonyl (C=O) groups is 1. The zero-order valence-corrected chi connectivity index (χ0v) is 20.8. The molecule has 2 unspecified atom stereocenters. The van der Waals surface area contributed by atoms with Gasteiger partial charge in [0, 0.05) is 0 Å². The summed E-state index contributed by atoms with van der Waals surface area (Å²) >= 11 is 0. The molecule has 174 valence electrons. The van der Waals surface area contributed by atoms with Crippen LogP contribution in [0, 0.1) is 13.8 Å². The number of benzene rings is 2. The minimum Gasteiger partial charge on any atom is -0.347 e. The molecule has 1 N–H and O–H groups in total. The quantitative estimate of drug-likeness (QED) is 0.608. The fraction of sp³-hybridized carbons (Fsp3) is 0.500. The topological polar surface area (TPSA) is 66.5 Å². The first kappa shape index (κ1) is 24.3. The van der Waals surface area contributed by atoms with Crippen molar-refractivity contribution < 1.29 is 13.2 Å². The van der Waals surface area contributed by atoms with Gasteiger partial charge in [0.15, 0.2) is 0 Å². The molecule has 2 atom stereocenters. The molecule has 0 aliphatic heterocycles. The van der Waals surface area contributed by atoms with E-state index < -0.39 is 16.1 Å². The first-order valence-electron chi connectivity index (χ1n) is 11.6. The molecule has 32 heavy (non-hydrogen) atoms. The van der Waals surface area contributed by atoms with Gasteiger partial charge in [-0.3, -0.25) is 9.10 Å². The normalized spacial score (nSPS) is 15.5. The molecular weight excluding hydrogens is 420 g/mol. The van der Waals surface area contributed by atoms with Crippen LogP contribution >= 0.6 is 0 Å². The number of sulfonamides is 1. The van der Waals surface area contributed by atoms with Crippen molar-refractivity contribution in [3.05, 3.63) is 64.2 Å². The third-order valence-corrected chi connectivity index (χ3v) is 7.60. The molecule has 0 fully saturated rings. The molecule has 0 bridgehead atoms.